The Balaban J connectivity index is 1.85. The zero-order chi connectivity index (χ0) is 30.9. The van der Waals surface area contributed by atoms with Gasteiger partial charge in [0.05, 0.1) is 24.7 Å². The van der Waals surface area contributed by atoms with Gasteiger partial charge in [-0.05, 0) is 60.1 Å². The van der Waals surface area contributed by atoms with Crippen LogP contribution in [0.1, 0.15) is 66.4 Å². The third-order valence-electron chi connectivity index (χ3n) is 7.52. The molecule has 3 N–H and O–H groups in total. The molecule has 0 saturated heterocycles. The lowest BCUT2D eigenvalue weighted by Crippen LogP contribution is -2.42. The summed E-state index contributed by atoms with van der Waals surface area (Å²) in [6, 6.07) is 11.3. The van der Waals surface area contributed by atoms with Gasteiger partial charge in [-0.2, -0.15) is 0 Å². The minimum absolute atomic E-state index is 0.171. The second kappa shape index (κ2) is 15.1. The van der Waals surface area contributed by atoms with Crippen LogP contribution >= 0.6 is 0 Å². The van der Waals surface area contributed by atoms with Gasteiger partial charge in [0.1, 0.15) is 15.9 Å². The maximum atomic E-state index is 13.3. The molecule has 12 heteroatoms. The summed E-state index contributed by atoms with van der Waals surface area (Å²) in [6.45, 7) is 2.27. The lowest BCUT2D eigenvalue weighted by molar-refractivity contribution is -0.139. The first kappa shape index (κ1) is 33.7. The number of rotatable bonds is 15. The SMILES string of the molecule is Cc1ccccc1-c1cc(COC(CNS(C)(=O)=O)CC2CCCCC2)ccc1C(=O)NC(CCS(C)(=O)=O)C(=O)O. The first-order chi connectivity index (χ1) is 19.7. The molecule has 2 aromatic carbocycles. The molecule has 2 aromatic rings. The predicted octanol–water partition coefficient (Wildman–Crippen LogP) is 3.68. The third kappa shape index (κ3) is 11.1. The van der Waals surface area contributed by atoms with E-state index in [2.05, 4.69) is 10.0 Å². The first-order valence-electron chi connectivity index (χ1n) is 14.2. The number of carboxylic acid groups (broad SMARTS) is 1. The molecule has 1 aliphatic carbocycles. The number of carboxylic acids is 1. The van der Waals surface area contributed by atoms with Crippen LogP contribution in [-0.2, 0) is 36.0 Å². The van der Waals surface area contributed by atoms with Crippen LogP contribution in [0, 0.1) is 12.8 Å². The number of hydrogen-bond acceptors (Lipinski definition) is 7. The average molecular weight is 623 g/mol. The highest BCUT2D eigenvalue weighted by Crippen LogP contribution is 2.30. The summed E-state index contributed by atoms with van der Waals surface area (Å²) in [7, 11) is -6.80. The van der Waals surface area contributed by atoms with Crippen molar-refractivity contribution in [3.05, 3.63) is 59.2 Å². The molecule has 42 heavy (non-hydrogen) atoms. The molecular formula is C30H42N2O8S2. The zero-order valence-electron chi connectivity index (χ0n) is 24.5. The molecule has 10 nitrogen and oxygen atoms in total. The molecule has 232 valence electrons. The Morgan fingerprint density at radius 1 is 1.00 bits per heavy atom. The van der Waals surface area contributed by atoms with Gasteiger partial charge in [0.2, 0.25) is 10.0 Å². The highest BCUT2D eigenvalue weighted by Gasteiger charge is 2.25. The van der Waals surface area contributed by atoms with Gasteiger partial charge in [-0.25, -0.2) is 26.4 Å². The summed E-state index contributed by atoms with van der Waals surface area (Å²) in [5, 5.41) is 12.1. The maximum absolute atomic E-state index is 13.3. The van der Waals surface area contributed by atoms with Gasteiger partial charge >= 0.3 is 5.97 Å². The van der Waals surface area contributed by atoms with Gasteiger partial charge < -0.3 is 15.2 Å². The predicted molar refractivity (Wildman–Crippen MR) is 162 cm³/mol. The molecule has 0 heterocycles. The van der Waals surface area contributed by atoms with E-state index in [0.29, 0.717) is 11.5 Å². The molecule has 1 aliphatic rings. The second-order valence-corrected chi connectivity index (χ2v) is 15.4. The average Bonchev–Trinajstić information content (AvgIpc) is 2.92. The lowest BCUT2D eigenvalue weighted by Gasteiger charge is -2.27. The smallest absolute Gasteiger partial charge is 0.326 e. The van der Waals surface area contributed by atoms with Crippen LogP contribution < -0.4 is 10.0 Å². The largest absolute Gasteiger partial charge is 0.480 e. The molecule has 2 unspecified atom stereocenters. The van der Waals surface area contributed by atoms with Gasteiger partial charge in [0.25, 0.3) is 5.91 Å². The summed E-state index contributed by atoms with van der Waals surface area (Å²) < 4.78 is 55.5. The van der Waals surface area contributed by atoms with E-state index < -0.39 is 37.8 Å². The van der Waals surface area contributed by atoms with Crippen molar-refractivity contribution in [3.63, 3.8) is 0 Å². The number of sulfonamides is 1. The Labute approximate surface area is 249 Å². The highest BCUT2D eigenvalue weighted by atomic mass is 32.2. The number of carbonyl (C=O) groups is 2. The number of hydrogen-bond donors (Lipinski definition) is 3. The number of aryl methyl sites for hydroxylation is 1. The molecule has 0 bridgehead atoms. The third-order valence-corrected chi connectivity index (χ3v) is 9.19. The topological polar surface area (TPSA) is 156 Å². The summed E-state index contributed by atoms with van der Waals surface area (Å²) in [6.07, 6.45) is 8.06. The summed E-state index contributed by atoms with van der Waals surface area (Å²) >= 11 is 0. The van der Waals surface area contributed by atoms with Crippen LogP contribution in [-0.4, -0.2) is 70.8 Å². The number of benzene rings is 2. The van der Waals surface area contributed by atoms with E-state index in [0.717, 1.165) is 61.3 Å². The molecular weight excluding hydrogens is 580 g/mol. The molecule has 0 aliphatic heterocycles. The molecule has 3 rings (SSSR count). The van der Waals surface area contributed by atoms with Gasteiger partial charge in [0.15, 0.2) is 0 Å². The molecule has 1 saturated carbocycles. The highest BCUT2D eigenvalue weighted by molar-refractivity contribution is 7.90. The normalized spacial score (nSPS) is 16.1. The summed E-state index contributed by atoms with van der Waals surface area (Å²) in [5.41, 5.74) is 3.28. The molecule has 0 spiro atoms. The lowest BCUT2D eigenvalue weighted by atomic mass is 9.85. The van der Waals surface area contributed by atoms with Crippen molar-refractivity contribution >= 4 is 31.7 Å². The number of carbonyl (C=O) groups excluding carboxylic acids is 1. The van der Waals surface area contributed by atoms with Crippen molar-refractivity contribution in [1.82, 2.24) is 10.0 Å². The second-order valence-electron chi connectivity index (χ2n) is 11.3. The van der Waals surface area contributed by atoms with Gasteiger partial charge in [-0.15, -0.1) is 0 Å². The van der Waals surface area contributed by atoms with Crippen LogP contribution in [0.5, 0.6) is 0 Å². The molecule has 0 radical (unpaired) electrons. The standard InChI is InChI=1S/C30H42N2O8S2/c1-21-9-7-8-12-25(21)27-18-23(13-14-26(27)29(33)32-28(30(34)35)15-16-41(2,36)37)20-40-24(19-31-42(3,38)39)17-22-10-5-4-6-11-22/h7-9,12-14,18,22,24,28,31H,4-6,10-11,15-17,19-20H2,1-3H3,(H,32,33)(H,34,35). The van der Waals surface area contributed by atoms with Gasteiger partial charge in [-0.1, -0.05) is 62.4 Å². The van der Waals surface area contributed by atoms with E-state index in [1.807, 2.05) is 37.3 Å². The van der Waals surface area contributed by atoms with E-state index in [1.165, 1.54) is 6.42 Å². The quantitative estimate of drug-likeness (QED) is 0.272. The molecule has 0 aromatic heterocycles. The Morgan fingerprint density at radius 2 is 1.69 bits per heavy atom. The maximum Gasteiger partial charge on any atom is 0.326 e. The van der Waals surface area contributed by atoms with Crippen molar-refractivity contribution < 1.29 is 36.3 Å². The Hall–Kier alpha value is -2.80. The van der Waals surface area contributed by atoms with Crippen LogP contribution in [0.15, 0.2) is 42.5 Å². The number of amides is 1. The Kier molecular flexibility index (Phi) is 12.1. The van der Waals surface area contributed by atoms with E-state index in [-0.39, 0.29) is 37.0 Å². The molecule has 1 fully saturated rings. The zero-order valence-corrected chi connectivity index (χ0v) is 26.1. The van der Waals surface area contributed by atoms with Crippen LogP contribution in [0.2, 0.25) is 0 Å². The number of aliphatic carboxylic acids is 1. The monoisotopic (exact) mass is 622 g/mol. The summed E-state index contributed by atoms with van der Waals surface area (Å²) in [4.78, 5) is 25.1. The van der Waals surface area contributed by atoms with E-state index in [9.17, 15) is 31.5 Å². The fraction of sp³-hybridized carbons (Fsp3) is 0.533. The number of sulfone groups is 1. The fourth-order valence-corrected chi connectivity index (χ4v) is 6.42. The van der Waals surface area contributed by atoms with Crippen LogP contribution in [0.25, 0.3) is 11.1 Å². The minimum atomic E-state index is -3.42. The summed E-state index contributed by atoms with van der Waals surface area (Å²) in [5.74, 6) is -1.85. The number of ether oxygens (including phenoxy) is 1. The fourth-order valence-electron chi connectivity index (χ4n) is 5.27. The van der Waals surface area contributed by atoms with Crippen molar-refractivity contribution in [2.75, 3.05) is 24.8 Å². The minimum Gasteiger partial charge on any atom is -0.480 e. The van der Waals surface area contributed by atoms with Gasteiger partial charge in [-0.3, -0.25) is 4.79 Å². The van der Waals surface area contributed by atoms with E-state index >= 15 is 0 Å². The molecule has 2 atom stereocenters. The van der Waals surface area contributed by atoms with E-state index in [1.54, 1.807) is 12.1 Å². The van der Waals surface area contributed by atoms with Gasteiger partial charge in [0, 0.05) is 18.4 Å². The Bertz CT molecular complexity index is 1450. The number of nitrogens with one attached hydrogen (secondary N) is 2. The van der Waals surface area contributed by atoms with Crippen molar-refractivity contribution in [1.29, 1.82) is 0 Å². The van der Waals surface area contributed by atoms with Crippen LogP contribution in [0.4, 0.5) is 0 Å². The first-order valence-corrected chi connectivity index (χ1v) is 18.1. The van der Waals surface area contributed by atoms with Crippen LogP contribution in [0.3, 0.4) is 0 Å². The van der Waals surface area contributed by atoms with Crippen molar-refractivity contribution in [2.45, 2.75) is 70.6 Å². The molecule has 1 amide bonds. The van der Waals surface area contributed by atoms with Crippen molar-refractivity contribution in [3.8, 4) is 11.1 Å². The van der Waals surface area contributed by atoms with E-state index in [4.69, 9.17) is 4.74 Å². The Morgan fingerprint density at radius 3 is 2.31 bits per heavy atom. The van der Waals surface area contributed by atoms with Crippen molar-refractivity contribution in [2.24, 2.45) is 5.92 Å².